The van der Waals surface area contributed by atoms with Gasteiger partial charge < -0.3 is 4.42 Å². The molecule has 0 N–H and O–H groups in total. The molecule has 0 atom stereocenters. The van der Waals surface area contributed by atoms with Crippen LogP contribution in [0.2, 0.25) is 0 Å². The fourth-order valence-corrected chi connectivity index (χ4v) is 3.28. The summed E-state index contributed by atoms with van der Waals surface area (Å²) in [6.45, 7) is 8.23. The average Bonchev–Trinajstić information content (AvgIpc) is 3.04. The van der Waals surface area contributed by atoms with Crippen LogP contribution in [0.1, 0.15) is 43.5 Å². The van der Waals surface area contributed by atoms with Gasteiger partial charge in [0.25, 0.3) is 0 Å². The second-order valence-corrected chi connectivity index (χ2v) is 7.44. The van der Waals surface area contributed by atoms with Crippen LogP contribution in [-0.2, 0) is 18.3 Å². The average molecular weight is 319 g/mol. The molecular weight excluding hydrogens is 298 g/mol. The highest BCUT2D eigenvalue weighted by molar-refractivity contribution is 5.86. The van der Waals surface area contributed by atoms with Gasteiger partial charge >= 0.3 is 0 Å². The van der Waals surface area contributed by atoms with E-state index >= 15 is 0 Å². The first-order valence-corrected chi connectivity index (χ1v) is 8.36. The second-order valence-electron chi connectivity index (χ2n) is 7.44. The number of aromatic nitrogens is 3. The van der Waals surface area contributed by atoms with Crippen molar-refractivity contribution in [1.29, 1.82) is 0 Å². The third-order valence-corrected chi connectivity index (χ3v) is 4.58. The lowest BCUT2D eigenvalue weighted by Gasteiger charge is -2.22. The molecule has 0 unspecified atom stereocenters. The van der Waals surface area contributed by atoms with E-state index < -0.39 is 0 Å². The van der Waals surface area contributed by atoms with Crippen LogP contribution < -0.4 is 0 Å². The molecule has 0 saturated heterocycles. The lowest BCUT2D eigenvalue weighted by Crippen LogP contribution is -2.11. The van der Waals surface area contributed by atoms with E-state index in [2.05, 4.69) is 60.2 Å². The summed E-state index contributed by atoms with van der Waals surface area (Å²) in [6.07, 6.45) is 4.03. The van der Waals surface area contributed by atoms with Gasteiger partial charge in [-0.2, -0.15) is 0 Å². The Balaban J connectivity index is 1.97. The Hall–Kier alpha value is -2.49. The zero-order chi connectivity index (χ0) is 16.9. The SMILES string of the molecule is Cc1ncc2c(c1-c1nnc(C(C)(C)C)o1)-c1ccccc1CC2. The summed E-state index contributed by atoms with van der Waals surface area (Å²) in [7, 11) is 0. The van der Waals surface area contributed by atoms with Crippen LogP contribution in [0.25, 0.3) is 22.6 Å². The number of rotatable bonds is 1. The van der Waals surface area contributed by atoms with Crippen molar-refractivity contribution >= 4 is 0 Å². The predicted molar refractivity (Wildman–Crippen MR) is 93.8 cm³/mol. The molecule has 1 aromatic carbocycles. The number of fused-ring (bicyclic) bond motifs is 3. The van der Waals surface area contributed by atoms with Crippen molar-refractivity contribution in [3.8, 4) is 22.6 Å². The Morgan fingerprint density at radius 3 is 2.46 bits per heavy atom. The topological polar surface area (TPSA) is 51.8 Å². The molecule has 1 aliphatic carbocycles. The highest BCUT2D eigenvalue weighted by Crippen LogP contribution is 2.41. The van der Waals surface area contributed by atoms with Crippen molar-refractivity contribution < 1.29 is 4.42 Å². The van der Waals surface area contributed by atoms with Crippen LogP contribution >= 0.6 is 0 Å². The van der Waals surface area contributed by atoms with Crippen molar-refractivity contribution in [2.75, 3.05) is 0 Å². The third-order valence-electron chi connectivity index (χ3n) is 4.58. The molecule has 0 fully saturated rings. The van der Waals surface area contributed by atoms with Crippen molar-refractivity contribution in [2.24, 2.45) is 0 Å². The number of benzene rings is 1. The predicted octanol–water partition coefficient (Wildman–Crippen LogP) is 4.50. The van der Waals surface area contributed by atoms with Gasteiger partial charge in [-0.1, -0.05) is 45.0 Å². The van der Waals surface area contributed by atoms with Gasteiger partial charge in [-0.05, 0) is 36.5 Å². The van der Waals surface area contributed by atoms with Gasteiger partial charge in [0, 0.05) is 17.2 Å². The van der Waals surface area contributed by atoms with Gasteiger partial charge in [-0.15, -0.1) is 10.2 Å². The highest BCUT2D eigenvalue weighted by atomic mass is 16.4. The van der Waals surface area contributed by atoms with E-state index in [0.29, 0.717) is 11.8 Å². The fraction of sp³-hybridized carbons (Fsp3) is 0.350. The molecule has 0 amide bonds. The molecule has 0 aliphatic heterocycles. The first-order valence-electron chi connectivity index (χ1n) is 8.36. The molecule has 4 rings (SSSR count). The minimum Gasteiger partial charge on any atom is -0.420 e. The summed E-state index contributed by atoms with van der Waals surface area (Å²) in [5.74, 6) is 1.22. The summed E-state index contributed by atoms with van der Waals surface area (Å²) in [5, 5.41) is 8.60. The molecule has 122 valence electrons. The number of nitrogens with zero attached hydrogens (tertiary/aromatic N) is 3. The van der Waals surface area contributed by atoms with E-state index in [1.165, 1.54) is 22.3 Å². The molecule has 4 heteroatoms. The molecule has 2 heterocycles. The van der Waals surface area contributed by atoms with Gasteiger partial charge in [0.1, 0.15) is 0 Å². The van der Waals surface area contributed by atoms with Gasteiger partial charge in [-0.25, -0.2) is 0 Å². The van der Waals surface area contributed by atoms with E-state index in [9.17, 15) is 0 Å². The maximum absolute atomic E-state index is 6.03. The Labute approximate surface area is 142 Å². The van der Waals surface area contributed by atoms with Crippen molar-refractivity contribution in [1.82, 2.24) is 15.2 Å². The first kappa shape index (κ1) is 15.1. The smallest absolute Gasteiger partial charge is 0.250 e. The van der Waals surface area contributed by atoms with Crippen LogP contribution in [0, 0.1) is 6.92 Å². The molecule has 4 nitrogen and oxygen atoms in total. The zero-order valence-electron chi connectivity index (χ0n) is 14.6. The highest BCUT2D eigenvalue weighted by Gasteiger charge is 2.27. The minimum atomic E-state index is -0.167. The quantitative estimate of drug-likeness (QED) is 0.662. The Morgan fingerprint density at radius 1 is 0.958 bits per heavy atom. The molecule has 24 heavy (non-hydrogen) atoms. The maximum Gasteiger partial charge on any atom is 0.250 e. The standard InChI is InChI=1S/C20H21N3O/c1-12-16(18-22-23-19(24-18)20(2,3)4)17-14(11-21-12)10-9-13-7-5-6-8-15(13)17/h5-8,11H,9-10H2,1-4H3. The Morgan fingerprint density at radius 2 is 1.71 bits per heavy atom. The number of aryl methyl sites for hydroxylation is 3. The van der Waals surface area contributed by atoms with E-state index in [1.807, 2.05) is 13.1 Å². The van der Waals surface area contributed by atoms with E-state index in [1.54, 1.807) is 0 Å². The summed E-state index contributed by atoms with van der Waals surface area (Å²) in [6, 6.07) is 8.56. The third kappa shape index (κ3) is 2.33. The Kier molecular flexibility index (Phi) is 3.30. The maximum atomic E-state index is 6.03. The molecule has 0 spiro atoms. The van der Waals surface area contributed by atoms with Crippen molar-refractivity contribution in [3.63, 3.8) is 0 Å². The fourth-order valence-electron chi connectivity index (χ4n) is 3.28. The molecule has 0 bridgehead atoms. The number of pyridine rings is 1. The molecule has 3 aromatic rings. The second kappa shape index (κ2) is 5.26. The number of hydrogen-bond acceptors (Lipinski definition) is 4. The molecule has 1 aliphatic rings. The van der Waals surface area contributed by atoms with E-state index in [-0.39, 0.29) is 5.41 Å². The van der Waals surface area contributed by atoms with Crippen LogP contribution in [0.4, 0.5) is 0 Å². The normalized spacial score (nSPS) is 13.5. The van der Waals surface area contributed by atoms with Crippen LogP contribution in [0.15, 0.2) is 34.9 Å². The van der Waals surface area contributed by atoms with Gasteiger partial charge in [0.15, 0.2) is 0 Å². The van der Waals surface area contributed by atoms with Gasteiger partial charge in [0.05, 0.1) is 11.3 Å². The van der Waals surface area contributed by atoms with E-state index in [4.69, 9.17) is 4.42 Å². The van der Waals surface area contributed by atoms with Crippen LogP contribution in [-0.4, -0.2) is 15.2 Å². The molecule has 0 radical (unpaired) electrons. The summed E-state index contributed by atoms with van der Waals surface area (Å²) < 4.78 is 6.03. The van der Waals surface area contributed by atoms with Crippen LogP contribution in [0.3, 0.4) is 0 Å². The summed E-state index contributed by atoms with van der Waals surface area (Å²) >= 11 is 0. The van der Waals surface area contributed by atoms with E-state index in [0.717, 1.165) is 24.1 Å². The monoisotopic (exact) mass is 319 g/mol. The molecular formula is C20H21N3O. The summed E-state index contributed by atoms with van der Waals surface area (Å²) in [5.41, 5.74) is 6.82. The largest absolute Gasteiger partial charge is 0.420 e. The minimum absolute atomic E-state index is 0.167. The summed E-state index contributed by atoms with van der Waals surface area (Å²) in [4.78, 5) is 4.59. The van der Waals surface area contributed by atoms with Gasteiger partial charge in [0.2, 0.25) is 11.8 Å². The molecule has 2 aromatic heterocycles. The van der Waals surface area contributed by atoms with Crippen LogP contribution in [0.5, 0.6) is 0 Å². The molecule has 0 saturated carbocycles. The Bertz CT molecular complexity index is 919. The van der Waals surface area contributed by atoms with Crippen molar-refractivity contribution in [2.45, 2.75) is 46.0 Å². The van der Waals surface area contributed by atoms with Gasteiger partial charge in [-0.3, -0.25) is 4.98 Å². The lowest BCUT2D eigenvalue weighted by molar-refractivity contribution is 0.399. The first-order chi connectivity index (χ1) is 11.4. The lowest BCUT2D eigenvalue weighted by atomic mass is 9.83. The van der Waals surface area contributed by atoms with Crippen molar-refractivity contribution in [3.05, 3.63) is 53.2 Å². The number of hydrogen-bond donors (Lipinski definition) is 0. The zero-order valence-corrected chi connectivity index (χ0v) is 14.6.